The first-order valence-electron chi connectivity index (χ1n) is 7.18. The Balaban J connectivity index is 2.01. The van der Waals surface area contributed by atoms with Gasteiger partial charge in [-0.15, -0.1) is 0 Å². The zero-order valence-electron chi connectivity index (χ0n) is 12.6. The van der Waals surface area contributed by atoms with Crippen LogP contribution in [0.25, 0.3) is 0 Å². The lowest BCUT2D eigenvalue weighted by Crippen LogP contribution is -2.43. The molecule has 7 nitrogen and oxygen atoms in total. The highest BCUT2D eigenvalue weighted by Crippen LogP contribution is 2.29. The molecule has 2 rings (SSSR count). The lowest BCUT2D eigenvalue weighted by atomic mass is 10.4. The molecule has 0 atom stereocenters. The molecule has 1 aliphatic heterocycles. The van der Waals surface area contributed by atoms with Gasteiger partial charge >= 0.3 is 0 Å². The average Bonchev–Trinajstić information content (AvgIpc) is 2.89. The zero-order valence-corrected chi connectivity index (χ0v) is 13.4. The van der Waals surface area contributed by atoms with Gasteiger partial charge in [0.1, 0.15) is 10.7 Å². The van der Waals surface area contributed by atoms with E-state index in [4.69, 9.17) is 10.5 Å². The number of rotatable bonds is 6. The molecule has 21 heavy (non-hydrogen) atoms. The van der Waals surface area contributed by atoms with Crippen LogP contribution in [0.3, 0.4) is 0 Å². The molecule has 0 bridgehead atoms. The molecule has 0 radical (unpaired) electrons. The Morgan fingerprint density at radius 1 is 1.52 bits per heavy atom. The fourth-order valence-corrected chi connectivity index (χ4v) is 3.12. The molecule has 3 N–H and O–H groups in total. The Kier molecular flexibility index (Phi) is 5.77. The van der Waals surface area contributed by atoms with Crippen molar-refractivity contribution in [1.29, 1.82) is 0 Å². The number of hydrogen-bond acceptors (Lipinski definition) is 7. The van der Waals surface area contributed by atoms with Crippen LogP contribution in [0.4, 0.5) is 10.9 Å². The smallest absolute Gasteiger partial charge is 0.267 e. The summed E-state index contributed by atoms with van der Waals surface area (Å²) >= 11 is 1.37. The summed E-state index contributed by atoms with van der Waals surface area (Å²) in [7, 11) is 1.75. The van der Waals surface area contributed by atoms with Crippen LogP contribution in [0.15, 0.2) is 0 Å². The standard InChI is InChI=1S/C13H23N5O2S/c1-3-20-9-8-17(2)12(19)10-11(14)16-13(21-10)18-6-4-15-5-7-18/h15H,3-9,14H2,1-2H3. The molecule has 1 aliphatic rings. The summed E-state index contributed by atoms with van der Waals surface area (Å²) in [6.07, 6.45) is 0. The van der Waals surface area contributed by atoms with E-state index in [0.29, 0.717) is 30.5 Å². The Bertz CT molecular complexity index is 473. The molecule has 0 unspecified atom stereocenters. The number of piperazine rings is 1. The predicted molar refractivity (Wildman–Crippen MR) is 85.1 cm³/mol. The summed E-state index contributed by atoms with van der Waals surface area (Å²) in [5.74, 6) is 0.230. The van der Waals surface area contributed by atoms with Crippen LogP contribution in [-0.4, -0.2) is 68.8 Å². The van der Waals surface area contributed by atoms with Crippen LogP contribution in [-0.2, 0) is 4.74 Å². The van der Waals surface area contributed by atoms with Gasteiger partial charge in [0.15, 0.2) is 5.13 Å². The van der Waals surface area contributed by atoms with Crippen LogP contribution in [0.5, 0.6) is 0 Å². The number of anilines is 2. The van der Waals surface area contributed by atoms with E-state index in [1.54, 1.807) is 11.9 Å². The lowest BCUT2D eigenvalue weighted by molar-refractivity contribution is 0.0715. The maximum absolute atomic E-state index is 12.4. The third-order valence-electron chi connectivity index (χ3n) is 3.35. The van der Waals surface area contributed by atoms with Gasteiger partial charge in [0, 0.05) is 46.4 Å². The minimum absolute atomic E-state index is 0.0916. The number of amides is 1. The van der Waals surface area contributed by atoms with Gasteiger partial charge in [-0.25, -0.2) is 4.98 Å². The lowest BCUT2D eigenvalue weighted by Gasteiger charge is -2.26. The summed E-state index contributed by atoms with van der Waals surface area (Å²) in [5, 5.41) is 4.12. The van der Waals surface area contributed by atoms with Gasteiger partial charge in [-0.1, -0.05) is 11.3 Å². The predicted octanol–water partition coefficient (Wildman–Crippen LogP) is 0.243. The van der Waals surface area contributed by atoms with Gasteiger partial charge in [-0.3, -0.25) is 4.79 Å². The molecule has 1 amide bonds. The van der Waals surface area contributed by atoms with Crippen LogP contribution in [0, 0.1) is 0 Å². The minimum atomic E-state index is -0.0916. The number of nitrogens with two attached hydrogens (primary N) is 1. The summed E-state index contributed by atoms with van der Waals surface area (Å²) in [6, 6.07) is 0. The van der Waals surface area contributed by atoms with Crippen molar-refractivity contribution in [1.82, 2.24) is 15.2 Å². The number of nitrogens with zero attached hydrogens (tertiary/aromatic N) is 3. The van der Waals surface area contributed by atoms with E-state index in [2.05, 4.69) is 15.2 Å². The topological polar surface area (TPSA) is 83.7 Å². The first-order chi connectivity index (χ1) is 10.1. The first-order valence-corrected chi connectivity index (χ1v) is 8.00. The largest absolute Gasteiger partial charge is 0.382 e. The van der Waals surface area contributed by atoms with Gasteiger partial charge in [0.2, 0.25) is 0 Å². The van der Waals surface area contributed by atoms with Gasteiger partial charge in [-0.05, 0) is 6.92 Å². The number of nitrogen functional groups attached to an aromatic ring is 1. The Morgan fingerprint density at radius 2 is 2.24 bits per heavy atom. The van der Waals surface area contributed by atoms with Gasteiger partial charge in [0.25, 0.3) is 5.91 Å². The Labute approximate surface area is 129 Å². The van der Waals surface area contributed by atoms with E-state index >= 15 is 0 Å². The molecule has 1 aromatic heterocycles. The third kappa shape index (κ3) is 4.05. The van der Waals surface area contributed by atoms with Crippen molar-refractivity contribution in [3.63, 3.8) is 0 Å². The average molecular weight is 313 g/mol. The second-order valence-corrected chi connectivity index (χ2v) is 5.85. The summed E-state index contributed by atoms with van der Waals surface area (Å²) in [4.78, 5) is 21.0. The molecule has 0 saturated carbocycles. The van der Waals surface area contributed by atoms with Crippen molar-refractivity contribution in [3.8, 4) is 0 Å². The van der Waals surface area contributed by atoms with Crippen LogP contribution in [0.1, 0.15) is 16.6 Å². The summed E-state index contributed by atoms with van der Waals surface area (Å²) < 4.78 is 5.27. The molecule has 0 aromatic carbocycles. The minimum Gasteiger partial charge on any atom is -0.382 e. The van der Waals surface area contributed by atoms with Crippen LogP contribution >= 0.6 is 11.3 Å². The maximum Gasteiger partial charge on any atom is 0.267 e. The van der Waals surface area contributed by atoms with Crippen LogP contribution in [0.2, 0.25) is 0 Å². The van der Waals surface area contributed by atoms with E-state index < -0.39 is 0 Å². The highest BCUT2D eigenvalue weighted by Gasteiger charge is 2.22. The first kappa shape index (κ1) is 16.0. The highest BCUT2D eigenvalue weighted by atomic mass is 32.1. The van der Waals surface area contributed by atoms with Crippen molar-refractivity contribution < 1.29 is 9.53 Å². The Morgan fingerprint density at radius 3 is 2.90 bits per heavy atom. The molecule has 0 aliphatic carbocycles. The molecule has 1 fully saturated rings. The summed E-state index contributed by atoms with van der Waals surface area (Å²) in [6.45, 7) is 7.30. The molecule has 118 valence electrons. The summed E-state index contributed by atoms with van der Waals surface area (Å²) in [5.41, 5.74) is 5.92. The molecule has 2 heterocycles. The molecule has 0 spiro atoms. The fourth-order valence-electron chi connectivity index (χ4n) is 2.09. The second-order valence-electron chi connectivity index (χ2n) is 4.87. The highest BCUT2D eigenvalue weighted by molar-refractivity contribution is 7.18. The van der Waals surface area contributed by atoms with Gasteiger partial charge in [-0.2, -0.15) is 0 Å². The quantitative estimate of drug-likeness (QED) is 0.732. The Hall–Kier alpha value is -1.38. The van der Waals surface area contributed by atoms with Gasteiger partial charge in [0.05, 0.1) is 6.61 Å². The maximum atomic E-state index is 12.4. The number of ether oxygens (including phenoxy) is 1. The number of thiazole rings is 1. The molecular formula is C13H23N5O2S. The van der Waals surface area contributed by atoms with E-state index in [-0.39, 0.29) is 5.91 Å². The van der Waals surface area contributed by atoms with E-state index in [1.807, 2.05) is 6.92 Å². The number of aromatic nitrogens is 1. The van der Waals surface area contributed by atoms with Crippen molar-refractivity contribution >= 4 is 28.2 Å². The normalized spacial score (nSPS) is 15.2. The van der Waals surface area contributed by atoms with Crippen molar-refractivity contribution in [3.05, 3.63) is 4.88 Å². The van der Waals surface area contributed by atoms with E-state index in [9.17, 15) is 4.79 Å². The van der Waals surface area contributed by atoms with Crippen LogP contribution < -0.4 is 16.0 Å². The number of likely N-dealkylation sites (N-methyl/N-ethyl adjacent to an activating group) is 1. The SMILES string of the molecule is CCOCCN(C)C(=O)c1sc(N2CCNCC2)nc1N. The molecular weight excluding hydrogens is 290 g/mol. The fraction of sp³-hybridized carbons (Fsp3) is 0.692. The number of nitrogens with one attached hydrogen (secondary N) is 1. The second kappa shape index (κ2) is 7.58. The van der Waals surface area contributed by atoms with E-state index in [1.165, 1.54) is 11.3 Å². The zero-order chi connectivity index (χ0) is 15.2. The number of carbonyl (C=O) groups is 1. The molecule has 1 saturated heterocycles. The molecule has 1 aromatic rings. The van der Waals surface area contributed by atoms with Crippen molar-refractivity contribution in [2.75, 3.05) is 63.6 Å². The van der Waals surface area contributed by atoms with Gasteiger partial charge < -0.3 is 25.6 Å². The monoisotopic (exact) mass is 313 g/mol. The number of hydrogen-bond donors (Lipinski definition) is 2. The van der Waals surface area contributed by atoms with Crippen molar-refractivity contribution in [2.24, 2.45) is 0 Å². The molecule has 8 heteroatoms. The van der Waals surface area contributed by atoms with Crippen molar-refractivity contribution in [2.45, 2.75) is 6.92 Å². The van der Waals surface area contributed by atoms with E-state index in [0.717, 1.165) is 31.3 Å². The third-order valence-corrected chi connectivity index (χ3v) is 4.47. The number of carbonyl (C=O) groups excluding carboxylic acids is 1.